The Kier molecular flexibility index (Phi) is 5.96. The zero-order chi connectivity index (χ0) is 20.1. The van der Waals surface area contributed by atoms with E-state index in [1.807, 2.05) is 71.3 Å². The molecule has 1 atom stereocenters. The Labute approximate surface area is 175 Å². The van der Waals surface area contributed by atoms with E-state index < -0.39 is 0 Å². The summed E-state index contributed by atoms with van der Waals surface area (Å²) in [5, 5.41) is 3.03. The van der Waals surface area contributed by atoms with Crippen LogP contribution in [0, 0.1) is 0 Å². The Hall–Kier alpha value is -3.05. The van der Waals surface area contributed by atoms with Crippen molar-refractivity contribution >= 4 is 23.3 Å². The van der Waals surface area contributed by atoms with Crippen molar-refractivity contribution in [3.05, 3.63) is 102 Å². The fourth-order valence-electron chi connectivity index (χ4n) is 3.16. The Bertz CT molecular complexity index is 1060. The van der Waals surface area contributed by atoms with Crippen LogP contribution in [0.4, 0.5) is 0 Å². The van der Waals surface area contributed by atoms with E-state index in [9.17, 15) is 4.79 Å². The van der Waals surface area contributed by atoms with Crippen LogP contribution in [0.5, 0.6) is 0 Å². The summed E-state index contributed by atoms with van der Waals surface area (Å²) < 4.78 is 2.03. The molecular formula is C24H23N3OS. The summed E-state index contributed by atoms with van der Waals surface area (Å²) in [4.78, 5) is 18.2. The minimum Gasteiger partial charge on any atom is -0.351 e. The van der Waals surface area contributed by atoms with E-state index in [-0.39, 0.29) is 11.8 Å². The molecule has 0 bridgehead atoms. The van der Waals surface area contributed by atoms with Crippen LogP contribution in [0.2, 0.25) is 0 Å². The number of nitrogens with one attached hydrogen (secondary N) is 1. The van der Waals surface area contributed by atoms with Crippen LogP contribution < -0.4 is 5.32 Å². The molecule has 1 amide bonds. The number of fused-ring (bicyclic) bond motifs is 1. The maximum absolute atomic E-state index is 12.4. The molecule has 146 valence electrons. The second-order valence-electron chi connectivity index (χ2n) is 7.03. The highest BCUT2D eigenvalue weighted by atomic mass is 32.2. The van der Waals surface area contributed by atoms with E-state index in [0.29, 0.717) is 12.1 Å². The standard InChI is InChI=1S/C24H23N3OS/c1-18(19-7-3-2-4-8-19)15-25-24(28)20-10-12-22(13-11-20)29-17-21-16-27-14-6-5-9-23(27)26-21/h2-14,16,18H,15,17H2,1H3,(H,25,28). The van der Waals surface area contributed by atoms with E-state index in [2.05, 4.69) is 35.6 Å². The third kappa shape index (κ3) is 4.87. The van der Waals surface area contributed by atoms with Crippen molar-refractivity contribution in [2.75, 3.05) is 6.54 Å². The van der Waals surface area contributed by atoms with E-state index in [0.717, 1.165) is 22.0 Å². The summed E-state index contributed by atoms with van der Waals surface area (Å²) in [6.07, 6.45) is 4.06. The van der Waals surface area contributed by atoms with Gasteiger partial charge in [-0.05, 0) is 47.9 Å². The molecule has 0 spiro atoms. The highest BCUT2D eigenvalue weighted by molar-refractivity contribution is 7.98. The lowest BCUT2D eigenvalue weighted by atomic mass is 10.0. The molecule has 0 fully saturated rings. The van der Waals surface area contributed by atoms with Crippen molar-refractivity contribution in [2.24, 2.45) is 0 Å². The van der Waals surface area contributed by atoms with Crippen molar-refractivity contribution in [1.82, 2.24) is 14.7 Å². The van der Waals surface area contributed by atoms with Gasteiger partial charge in [0.1, 0.15) is 5.65 Å². The Morgan fingerprint density at radius 1 is 1.03 bits per heavy atom. The van der Waals surface area contributed by atoms with Gasteiger partial charge < -0.3 is 9.72 Å². The molecule has 0 aliphatic heterocycles. The number of rotatable bonds is 7. The van der Waals surface area contributed by atoms with Gasteiger partial charge in [-0.25, -0.2) is 4.98 Å². The topological polar surface area (TPSA) is 46.4 Å². The largest absolute Gasteiger partial charge is 0.351 e. The van der Waals surface area contributed by atoms with Crippen LogP contribution in [-0.4, -0.2) is 21.8 Å². The molecule has 0 aliphatic carbocycles. The number of pyridine rings is 1. The van der Waals surface area contributed by atoms with Crippen molar-refractivity contribution < 1.29 is 4.79 Å². The third-order valence-electron chi connectivity index (χ3n) is 4.85. The van der Waals surface area contributed by atoms with Gasteiger partial charge in [0.05, 0.1) is 5.69 Å². The maximum Gasteiger partial charge on any atom is 0.251 e. The average Bonchev–Trinajstić information content (AvgIpc) is 3.20. The van der Waals surface area contributed by atoms with Crippen LogP contribution >= 0.6 is 11.8 Å². The summed E-state index contributed by atoms with van der Waals surface area (Å²) in [7, 11) is 0. The lowest BCUT2D eigenvalue weighted by Gasteiger charge is -2.13. The number of aromatic nitrogens is 2. The highest BCUT2D eigenvalue weighted by Crippen LogP contribution is 2.23. The monoisotopic (exact) mass is 401 g/mol. The first-order valence-electron chi connectivity index (χ1n) is 9.67. The van der Waals surface area contributed by atoms with Crippen molar-refractivity contribution in [1.29, 1.82) is 0 Å². The Morgan fingerprint density at radius 3 is 2.55 bits per heavy atom. The summed E-state index contributed by atoms with van der Waals surface area (Å²) in [6, 6.07) is 24.0. The number of benzene rings is 2. The van der Waals surface area contributed by atoms with Crippen molar-refractivity contribution in [2.45, 2.75) is 23.5 Å². The minimum atomic E-state index is -0.0373. The number of imidazole rings is 1. The molecule has 2 aromatic carbocycles. The van der Waals surface area contributed by atoms with Crippen LogP contribution in [0.15, 0.2) is 90.1 Å². The second kappa shape index (κ2) is 8.97. The Morgan fingerprint density at radius 2 is 1.79 bits per heavy atom. The lowest BCUT2D eigenvalue weighted by molar-refractivity contribution is 0.0951. The van der Waals surface area contributed by atoms with Crippen molar-refractivity contribution in [3.8, 4) is 0 Å². The summed E-state index contributed by atoms with van der Waals surface area (Å²) in [6.45, 7) is 2.74. The molecule has 29 heavy (non-hydrogen) atoms. The third-order valence-corrected chi connectivity index (χ3v) is 5.90. The first-order chi connectivity index (χ1) is 14.2. The Balaban J connectivity index is 1.30. The molecule has 4 nitrogen and oxygen atoms in total. The molecule has 0 aliphatic rings. The van der Waals surface area contributed by atoms with E-state index in [1.54, 1.807) is 11.8 Å². The SMILES string of the molecule is CC(CNC(=O)c1ccc(SCc2cn3ccccc3n2)cc1)c1ccccc1. The first kappa shape index (κ1) is 19.3. The molecule has 2 heterocycles. The fourth-order valence-corrected chi connectivity index (χ4v) is 3.95. The zero-order valence-corrected chi connectivity index (χ0v) is 17.1. The summed E-state index contributed by atoms with van der Waals surface area (Å²) >= 11 is 1.72. The average molecular weight is 402 g/mol. The molecule has 1 N–H and O–H groups in total. The molecule has 5 heteroatoms. The van der Waals surface area contributed by atoms with Gasteiger partial charge in [-0.15, -0.1) is 11.8 Å². The van der Waals surface area contributed by atoms with Gasteiger partial charge in [-0.1, -0.05) is 43.3 Å². The molecule has 4 aromatic rings. The van der Waals surface area contributed by atoms with Gasteiger partial charge in [0.2, 0.25) is 0 Å². The summed E-state index contributed by atoms with van der Waals surface area (Å²) in [5.74, 6) is 1.03. The molecule has 0 saturated carbocycles. The molecule has 0 saturated heterocycles. The molecule has 0 radical (unpaired) electrons. The number of hydrogen-bond donors (Lipinski definition) is 1. The molecule has 4 rings (SSSR count). The molecular weight excluding hydrogens is 378 g/mol. The van der Waals surface area contributed by atoms with Gasteiger partial charge in [-0.3, -0.25) is 4.79 Å². The number of amides is 1. The lowest BCUT2D eigenvalue weighted by Crippen LogP contribution is -2.27. The van der Waals surface area contributed by atoms with Gasteiger partial charge in [-0.2, -0.15) is 0 Å². The van der Waals surface area contributed by atoms with E-state index >= 15 is 0 Å². The second-order valence-corrected chi connectivity index (χ2v) is 8.08. The van der Waals surface area contributed by atoms with E-state index in [1.165, 1.54) is 5.56 Å². The highest BCUT2D eigenvalue weighted by Gasteiger charge is 2.10. The predicted octanol–water partition coefficient (Wildman–Crippen LogP) is 5.16. The van der Waals surface area contributed by atoms with Crippen LogP contribution in [0.1, 0.15) is 34.5 Å². The zero-order valence-electron chi connectivity index (χ0n) is 16.3. The number of thioether (sulfide) groups is 1. The normalized spacial score (nSPS) is 12.0. The van der Waals surface area contributed by atoms with Gasteiger partial charge in [0.25, 0.3) is 5.91 Å². The predicted molar refractivity (Wildman–Crippen MR) is 118 cm³/mol. The summed E-state index contributed by atoms with van der Waals surface area (Å²) in [5.41, 5.74) is 3.91. The first-order valence-corrected chi connectivity index (χ1v) is 10.7. The number of nitrogens with zero attached hydrogens (tertiary/aromatic N) is 2. The van der Waals surface area contributed by atoms with Crippen LogP contribution in [0.25, 0.3) is 5.65 Å². The van der Waals surface area contributed by atoms with Gasteiger partial charge in [0.15, 0.2) is 0 Å². The number of carbonyl (C=O) groups excluding carboxylic acids is 1. The van der Waals surface area contributed by atoms with Gasteiger partial charge >= 0.3 is 0 Å². The van der Waals surface area contributed by atoms with Crippen LogP contribution in [-0.2, 0) is 5.75 Å². The molecule has 1 unspecified atom stereocenters. The van der Waals surface area contributed by atoms with E-state index in [4.69, 9.17) is 0 Å². The quantitative estimate of drug-likeness (QED) is 0.435. The molecule has 2 aromatic heterocycles. The number of carbonyl (C=O) groups is 1. The smallest absolute Gasteiger partial charge is 0.251 e. The maximum atomic E-state index is 12.4. The van der Waals surface area contributed by atoms with Crippen LogP contribution in [0.3, 0.4) is 0 Å². The van der Waals surface area contributed by atoms with Gasteiger partial charge in [0, 0.05) is 35.2 Å². The number of hydrogen-bond acceptors (Lipinski definition) is 3. The minimum absolute atomic E-state index is 0.0373. The fraction of sp³-hybridized carbons (Fsp3) is 0.167. The van der Waals surface area contributed by atoms with Crippen molar-refractivity contribution in [3.63, 3.8) is 0 Å².